The van der Waals surface area contributed by atoms with Crippen LogP contribution < -0.4 is 5.73 Å². The Balaban J connectivity index is 4.36. The molecule has 0 saturated carbocycles. The smallest absolute Gasteiger partial charge is 0.157 e. The SMILES string of the molecule is C=CCC(N)(C=O)C(C)=O. The zero-order valence-corrected chi connectivity index (χ0v) is 5.96. The summed E-state index contributed by atoms with van der Waals surface area (Å²) in [7, 11) is 0. The van der Waals surface area contributed by atoms with Crippen molar-refractivity contribution in [2.24, 2.45) is 5.73 Å². The van der Waals surface area contributed by atoms with Gasteiger partial charge in [0.25, 0.3) is 0 Å². The lowest BCUT2D eigenvalue weighted by atomic mass is 9.94. The molecule has 3 nitrogen and oxygen atoms in total. The van der Waals surface area contributed by atoms with Gasteiger partial charge in [-0.1, -0.05) is 6.08 Å². The van der Waals surface area contributed by atoms with Crippen molar-refractivity contribution in [3.05, 3.63) is 12.7 Å². The first-order chi connectivity index (χ1) is 4.56. The molecule has 0 fully saturated rings. The van der Waals surface area contributed by atoms with Crippen molar-refractivity contribution >= 4 is 12.1 Å². The summed E-state index contributed by atoms with van der Waals surface area (Å²) in [5.41, 5.74) is 4.02. The minimum Gasteiger partial charge on any atom is -0.313 e. The molecule has 0 rings (SSSR count). The maximum atomic E-state index is 10.7. The molecule has 0 bridgehead atoms. The predicted octanol–water partition coefficient (Wildman–Crippen LogP) is 0.0479. The monoisotopic (exact) mass is 141 g/mol. The number of hydrogen-bond donors (Lipinski definition) is 1. The average molecular weight is 141 g/mol. The molecule has 0 saturated heterocycles. The van der Waals surface area contributed by atoms with E-state index in [4.69, 9.17) is 5.73 Å². The van der Waals surface area contributed by atoms with Gasteiger partial charge in [-0.05, 0) is 13.3 Å². The first-order valence-electron chi connectivity index (χ1n) is 2.94. The summed E-state index contributed by atoms with van der Waals surface area (Å²) in [6.45, 7) is 4.67. The molecule has 10 heavy (non-hydrogen) atoms. The zero-order chi connectivity index (χ0) is 8.20. The summed E-state index contributed by atoms with van der Waals surface area (Å²) in [6, 6.07) is 0. The second-order valence-corrected chi connectivity index (χ2v) is 2.21. The molecule has 0 aromatic carbocycles. The van der Waals surface area contributed by atoms with Crippen LogP contribution in [0.5, 0.6) is 0 Å². The fourth-order valence-electron chi connectivity index (χ4n) is 0.514. The summed E-state index contributed by atoms with van der Waals surface area (Å²) < 4.78 is 0. The van der Waals surface area contributed by atoms with E-state index in [1.165, 1.54) is 13.0 Å². The molecule has 56 valence electrons. The maximum Gasteiger partial charge on any atom is 0.157 e. The van der Waals surface area contributed by atoms with Crippen molar-refractivity contribution in [1.29, 1.82) is 0 Å². The van der Waals surface area contributed by atoms with Gasteiger partial charge in [0, 0.05) is 0 Å². The number of aldehydes is 1. The quantitative estimate of drug-likeness (QED) is 0.342. The van der Waals surface area contributed by atoms with Crippen LogP contribution >= 0.6 is 0 Å². The average Bonchev–Trinajstić information content (AvgIpc) is 1.88. The van der Waals surface area contributed by atoms with E-state index in [2.05, 4.69) is 6.58 Å². The highest BCUT2D eigenvalue weighted by Crippen LogP contribution is 2.04. The van der Waals surface area contributed by atoms with Crippen LogP contribution in [-0.2, 0) is 9.59 Å². The second-order valence-electron chi connectivity index (χ2n) is 2.21. The molecule has 0 aromatic heterocycles. The summed E-state index contributed by atoms with van der Waals surface area (Å²) in [5, 5.41) is 0. The fourth-order valence-corrected chi connectivity index (χ4v) is 0.514. The fraction of sp³-hybridized carbons (Fsp3) is 0.429. The van der Waals surface area contributed by atoms with Gasteiger partial charge in [-0.3, -0.25) is 4.79 Å². The van der Waals surface area contributed by atoms with Crippen molar-refractivity contribution in [3.8, 4) is 0 Å². The van der Waals surface area contributed by atoms with Gasteiger partial charge >= 0.3 is 0 Å². The van der Waals surface area contributed by atoms with Crippen LogP contribution in [0.4, 0.5) is 0 Å². The van der Waals surface area contributed by atoms with Crippen LogP contribution in [0, 0.1) is 0 Å². The largest absolute Gasteiger partial charge is 0.313 e. The van der Waals surface area contributed by atoms with Crippen LogP contribution in [0.15, 0.2) is 12.7 Å². The number of rotatable bonds is 4. The molecular formula is C7H11NO2. The van der Waals surface area contributed by atoms with Gasteiger partial charge in [-0.2, -0.15) is 0 Å². The van der Waals surface area contributed by atoms with Crippen LogP contribution in [0.1, 0.15) is 13.3 Å². The van der Waals surface area contributed by atoms with Crippen molar-refractivity contribution in [3.63, 3.8) is 0 Å². The minimum absolute atomic E-state index is 0.200. The van der Waals surface area contributed by atoms with Crippen molar-refractivity contribution in [2.75, 3.05) is 0 Å². The predicted molar refractivity (Wildman–Crippen MR) is 38.5 cm³/mol. The van der Waals surface area contributed by atoms with E-state index in [-0.39, 0.29) is 12.2 Å². The first kappa shape index (κ1) is 9.04. The Morgan fingerprint density at radius 1 is 1.80 bits per heavy atom. The van der Waals surface area contributed by atoms with Gasteiger partial charge < -0.3 is 10.5 Å². The molecule has 1 unspecified atom stereocenters. The van der Waals surface area contributed by atoms with Crippen LogP contribution in [0.2, 0.25) is 0 Å². The maximum absolute atomic E-state index is 10.7. The molecule has 0 aliphatic rings. The van der Waals surface area contributed by atoms with Gasteiger partial charge in [0.05, 0.1) is 0 Å². The molecule has 0 spiro atoms. The van der Waals surface area contributed by atoms with Crippen molar-refractivity contribution in [1.82, 2.24) is 0 Å². The van der Waals surface area contributed by atoms with Gasteiger partial charge in [-0.25, -0.2) is 0 Å². The van der Waals surface area contributed by atoms with Gasteiger partial charge in [0.2, 0.25) is 0 Å². The molecule has 0 heterocycles. The Labute approximate surface area is 59.9 Å². The van der Waals surface area contributed by atoms with Crippen LogP contribution in [0.25, 0.3) is 0 Å². The van der Waals surface area contributed by atoms with Crippen LogP contribution in [-0.4, -0.2) is 17.6 Å². The highest BCUT2D eigenvalue weighted by Gasteiger charge is 2.27. The number of carbonyl (C=O) groups is 2. The molecule has 0 aromatic rings. The summed E-state index contributed by atoms with van der Waals surface area (Å²) in [5.74, 6) is -0.331. The van der Waals surface area contributed by atoms with E-state index in [0.29, 0.717) is 6.29 Å². The highest BCUT2D eigenvalue weighted by atomic mass is 16.1. The van der Waals surface area contributed by atoms with E-state index >= 15 is 0 Å². The van der Waals surface area contributed by atoms with E-state index in [0.717, 1.165) is 0 Å². The van der Waals surface area contributed by atoms with Crippen molar-refractivity contribution < 1.29 is 9.59 Å². The van der Waals surface area contributed by atoms with E-state index < -0.39 is 5.54 Å². The second kappa shape index (κ2) is 3.27. The van der Waals surface area contributed by atoms with Gasteiger partial charge in [0.1, 0.15) is 11.8 Å². The lowest BCUT2D eigenvalue weighted by molar-refractivity contribution is -0.127. The first-order valence-corrected chi connectivity index (χ1v) is 2.94. The molecule has 3 heteroatoms. The lowest BCUT2D eigenvalue weighted by Gasteiger charge is -2.15. The topological polar surface area (TPSA) is 60.2 Å². The Morgan fingerprint density at radius 2 is 2.30 bits per heavy atom. The third kappa shape index (κ3) is 1.77. The Hall–Kier alpha value is -0.960. The molecule has 0 radical (unpaired) electrons. The highest BCUT2D eigenvalue weighted by molar-refractivity contribution is 6.01. The molecule has 0 aliphatic carbocycles. The summed E-state index contributed by atoms with van der Waals surface area (Å²) in [6.07, 6.45) is 2.11. The van der Waals surface area contributed by atoms with Gasteiger partial charge in [0.15, 0.2) is 5.78 Å². The van der Waals surface area contributed by atoms with E-state index in [9.17, 15) is 9.59 Å². The number of ketones is 1. The summed E-state index contributed by atoms with van der Waals surface area (Å²) >= 11 is 0. The number of carbonyl (C=O) groups excluding carboxylic acids is 2. The normalized spacial score (nSPS) is 15.4. The summed E-state index contributed by atoms with van der Waals surface area (Å²) in [4.78, 5) is 20.9. The minimum atomic E-state index is -1.35. The third-order valence-corrected chi connectivity index (χ3v) is 1.35. The number of Topliss-reactive ketones (excluding diaryl/α,β-unsaturated/α-hetero) is 1. The van der Waals surface area contributed by atoms with E-state index in [1.54, 1.807) is 0 Å². The van der Waals surface area contributed by atoms with Crippen molar-refractivity contribution in [2.45, 2.75) is 18.9 Å². The van der Waals surface area contributed by atoms with Gasteiger partial charge in [-0.15, -0.1) is 6.58 Å². The molecular weight excluding hydrogens is 130 g/mol. The molecule has 0 aliphatic heterocycles. The Kier molecular flexibility index (Phi) is 2.96. The lowest BCUT2D eigenvalue weighted by Crippen LogP contribution is -2.47. The standard InChI is InChI=1S/C7H11NO2/c1-3-4-7(8,5-9)6(2)10/h3,5H,1,4,8H2,2H3. The molecule has 0 amide bonds. The van der Waals surface area contributed by atoms with E-state index in [1.807, 2.05) is 0 Å². The zero-order valence-electron chi connectivity index (χ0n) is 5.96. The Morgan fingerprint density at radius 3 is 2.40 bits per heavy atom. The molecule has 2 N–H and O–H groups in total. The molecule has 1 atom stereocenters. The Bertz CT molecular complexity index is 165. The number of hydrogen-bond acceptors (Lipinski definition) is 3. The third-order valence-electron chi connectivity index (χ3n) is 1.35. The van der Waals surface area contributed by atoms with Crippen LogP contribution in [0.3, 0.4) is 0 Å². The number of nitrogens with two attached hydrogens (primary N) is 1.